The summed E-state index contributed by atoms with van der Waals surface area (Å²) in [6.07, 6.45) is 0.273. The van der Waals surface area contributed by atoms with E-state index in [0.717, 1.165) is 0 Å². The highest BCUT2D eigenvalue weighted by molar-refractivity contribution is 6.31. The smallest absolute Gasteiger partial charge is 0.303 e. The second-order valence-corrected chi connectivity index (χ2v) is 4.52. The van der Waals surface area contributed by atoms with Crippen molar-refractivity contribution in [3.05, 3.63) is 22.7 Å². The number of carbonyl (C=O) groups is 1. The van der Waals surface area contributed by atoms with Gasteiger partial charge in [-0.15, -0.1) is 0 Å². The van der Waals surface area contributed by atoms with E-state index >= 15 is 0 Å². The van der Waals surface area contributed by atoms with Crippen molar-refractivity contribution in [1.29, 1.82) is 0 Å². The number of carboxylic acid groups (broad SMARTS) is 1. The fourth-order valence-corrected chi connectivity index (χ4v) is 1.82. The van der Waals surface area contributed by atoms with E-state index in [1.54, 1.807) is 12.1 Å². The number of aliphatic carboxylic acids is 1. The van der Waals surface area contributed by atoms with Gasteiger partial charge < -0.3 is 14.6 Å². The topological polar surface area (TPSA) is 55.8 Å². The lowest BCUT2D eigenvalue weighted by molar-refractivity contribution is -0.136. The standard InChI is InChI=1S/C13H17ClO4/c1-8(2)18-13-9(4-7-12(15)16)10(14)5-6-11(13)17-3/h5-6,8H,4,7H2,1-3H3,(H,15,16). The van der Waals surface area contributed by atoms with Gasteiger partial charge in [-0.05, 0) is 32.4 Å². The Morgan fingerprint density at radius 1 is 1.44 bits per heavy atom. The molecule has 0 aliphatic carbocycles. The van der Waals surface area contributed by atoms with E-state index in [4.69, 9.17) is 26.2 Å². The first-order valence-electron chi connectivity index (χ1n) is 5.69. The predicted octanol–water partition coefficient (Wildman–Crippen LogP) is 3.15. The Balaban J connectivity index is 3.13. The summed E-state index contributed by atoms with van der Waals surface area (Å²) in [6, 6.07) is 3.40. The van der Waals surface area contributed by atoms with Crippen molar-refractivity contribution in [3.63, 3.8) is 0 Å². The Hall–Kier alpha value is -1.42. The van der Waals surface area contributed by atoms with Crippen molar-refractivity contribution < 1.29 is 19.4 Å². The van der Waals surface area contributed by atoms with Gasteiger partial charge in [-0.25, -0.2) is 0 Å². The lowest BCUT2D eigenvalue weighted by atomic mass is 10.1. The Labute approximate surface area is 111 Å². The van der Waals surface area contributed by atoms with Crippen LogP contribution >= 0.6 is 11.6 Å². The molecule has 0 spiro atoms. The van der Waals surface area contributed by atoms with Crippen molar-refractivity contribution >= 4 is 17.6 Å². The van der Waals surface area contributed by atoms with Gasteiger partial charge in [0.05, 0.1) is 13.2 Å². The van der Waals surface area contributed by atoms with Gasteiger partial charge in [-0.1, -0.05) is 11.6 Å². The number of ether oxygens (including phenoxy) is 2. The number of methoxy groups -OCH3 is 1. The van der Waals surface area contributed by atoms with Gasteiger partial charge >= 0.3 is 5.97 Å². The van der Waals surface area contributed by atoms with Crippen molar-refractivity contribution in [2.45, 2.75) is 32.8 Å². The third-order valence-corrected chi connectivity index (χ3v) is 2.68. The molecule has 0 heterocycles. The summed E-state index contributed by atoms with van der Waals surface area (Å²) in [5.74, 6) is 0.221. The van der Waals surface area contributed by atoms with Crippen LogP contribution in [-0.2, 0) is 11.2 Å². The van der Waals surface area contributed by atoms with Gasteiger partial charge in [0.25, 0.3) is 0 Å². The summed E-state index contributed by atoms with van der Waals surface area (Å²) >= 11 is 6.10. The maximum absolute atomic E-state index is 10.7. The van der Waals surface area contributed by atoms with Crippen LogP contribution in [0.1, 0.15) is 25.8 Å². The average Bonchev–Trinajstić information content (AvgIpc) is 2.27. The van der Waals surface area contributed by atoms with Gasteiger partial charge in [0.1, 0.15) is 0 Å². The maximum atomic E-state index is 10.7. The third-order valence-electron chi connectivity index (χ3n) is 2.33. The zero-order chi connectivity index (χ0) is 13.7. The van der Waals surface area contributed by atoms with Crippen molar-refractivity contribution in [1.82, 2.24) is 0 Å². The molecule has 1 aromatic rings. The van der Waals surface area contributed by atoms with E-state index in [2.05, 4.69) is 0 Å². The minimum absolute atomic E-state index is 0.00133. The highest BCUT2D eigenvalue weighted by Gasteiger charge is 2.16. The van der Waals surface area contributed by atoms with Gasteiger partial charge in [0.15, 0.2) is 11.5 Å². The van der Waals surface area contributed by atoms with Crippen LogP contribution in [0.2, 0.25) is 5.02 Å². The zero-order valence-electron chi connectivity index (χ0n) is 10.7. The molecule has 1 rings (SSSR count). The Morgan fingerprint density at radius 3 is 2.61 bits per heavy atom. The van der Waals surface area contributed by atoms with Crippen LogP contribution in [0.4, 0.5) is 0 Å². The quantitative estimate of drug-likeness (QED) is 0.864. The normalized spacial score (nSPS) is 10.5. The van der Waals surface area contributed by atoms with E-state index in [1.807, 2.05) is 13.8 Å². The van der Waals surface area contributed by atoms with E-state index in [9.17, 15) is 4.79 Å². The molecule has 0 aliphatic heterocycles. The number of hydrogen-bond donors (Lipinski definition) is 1. The molecule has 0 saturated heterocycles. The van der Waals surface area contributed by atoms with E-state index in [0.29, 0.717) is 28.5 Å². The number of halogens is 1. The number of benzene rings is 1. The summed E-state index contributed by atoms with van der Waals surface area (Å²) < 4.78 is 10.9. The van der Waals surface area contributed by atoms with Gasteiger partial charge in [-0.3, -0.25) is 4.79 Å². The molecule has 5 heteroatoms. The minimum Gasteiger partial charge on any atom is -0.493 e. The second kappa shape index (κ2) is 6.50. The van der Waals surface area contributed by atoms with Gasteiger partial charge in [-0.2, -0.15) is 0 Å². The van der Waals surface area contributed by atoms with E-state index in [1.165, 1.54) is 7.11 Å². The van der Waals surface area contributed by atoms with Crippen LogP contribution in [0.3, 0.4) is 0 Å². The monoisotopic (exact) mass is 272 g/mol. The molecule has 0 saturated carbocycles. The molecule has 4 nitrogen and oxygen atoms in total. The second-order valence-electron chi connectivity index (χ2n) is 4.12. The molecule has 18 heavy (non-hydrogen) atoms. The molecule has 0 amide bonds. The first kappa shape index (κ1) is 14.6. The van der Waals surface area contributed by atoms with Gasteiger partial charge in [0, 0.05) is 17.0 Å². The molecule has 0 atom stereocenters. The molecule has 0 unspecified atom stereocenters. The van der Waals surface area contributed by atoms with Crippen LogP contribution in [-0.4, -0.2) is 24.3 Å². The maximum Gasteiger partial charge on any atom is 0.303 e. The van der Waals surface area contributed by atoms with Crippen LogP contribution in [0.15, 0.2) is 12.1 Å². The molecule has 0 fully saturated rings. The molecule has 0 radical (unpaired) electrons. The molecule has 0 aromatic heterocycles. The first-order valence-corrected chi connectivity index (χ1v) is 6.07. The van der Waals surface area contributed by atoms with Crippen molar-refractivity contribution in [3.8, 4) is 11.5 Å². The summed E-state index contributed by atoms with van der Waals surface area (Å²) in [5.41, 5.74) is 0.673. The van der Waals surface area contributed by atoms with Crippen LogP contribution in [0.5, 0.6) is 11.5 Å². The van der Waals surface area contributed by atoms with E-state index < -0.39 is 5.97 Å². The van der Waals surface area contributed by atoms with E-state index in [-0.39, 0.29) is 12.5 Å². The molecular weight excluding hydrogens is 256 g/mol. The third kappa shape index (κ3) is 3.81. The molecule has 0 aliphatic rings. The highest BCUT2D eigenvalue weighted by atomic mass is 35.5. The van der Waals surface area contributed by atoms with Gasteiger partial charge in [0.2, 0.25) is 0 Å². The van der Waals surface area contributed by atoms with Crippen molar-refractivity contribution in [2.75, 3.05) is 7.11 Å². The Morgan fingerprint density at radius 2 is 2.11 bits per heavy atom. The van der Waals surface area contributed by atoms with Crippen LogP contribution in [0.25, 0.3) is 0 Å². The molecule has 1 aromatic carbocycles. The summed E-state index contributed by atoms with van der Waals surface area (Å²) in [6.45, 7) is 3.78. The van der Waals surface area contributed by atoms with Crippen LogP contribution in [0, 0.1) is 0 Å². The molecule has 0 bridgehead atoms. The molecular formula is C13H17ClO4. The molecule has 100 valence electrons. The largest absolute Gasteiger partial charge is 0.493 e. The highest BCUT2D eigenvalue weighted by Crippen LogP contribution is 2.37. The fourth-order valence-electron chi connectivity index (χ4n) is 1.57. The number of hydrogen-bond acceptors (Lipinski definition) is 3. The van der Waals surface area contributed by atoms with Crippen LogP contribution < -0.4 is 9.47 Å². The molecule has 1 N–H and O–H groups in total. The Bertz CT molecular complexity index is 429. The predicted molar refractivity (Wildman–Crippen MR) is 69.7 cm³/mol. The lowest BCUT2D eigenvalue weighted by Gasteiger charge is -2.18. The number of rotatable bonds is 6. The number of carboxylic acids is 1. The van der Waals surface area contributed by atoms with Crippen molar-refractivity contribution in [2.24, 2.45) is 0 Å². The fraction of sp³-hybridized carbons (Fsp3) is 0.462. The average molecular weight is 273 g/mol. The Kier molecular flexibility index (Phi) is 5.28. The minimum atomic E-state index is -0.871. The lowest BCUT2D eigenvalue weighted by Crippen LogP contribution is -2.10. The zero-order valence-corrected chi connectivity index (χ0v) is 11.5. The SMILES string of the molecule is COc1ccc(Cl)c(CCC(=O)O)c1OC(C)C. The summed E-state index contributed by atoms with van der Waals surface area (Å²) in [5, 5.41) is 9.24. The first-order chi connectivity index (χ1) is 8.45. The summed E-state index contributed by atoms with van der Waals surface area (Å²) in [7, 11) is 1.54. The summed E-state index contributed by atoms with van der Waals surface area (Å²) in [4.78, 5) is 10.7.